The zero-order valence-corrected chi connectivity index (χ0v) is 12.7. The quantitative estimate of drug-likeness (QED) is 0.701. The molecule has 0 aromatic carbocycles. The number of nitrogens with two attached hydrogens (primary N) is 1. The number of nitrogens with zero attached hydrogens (tertiary/aromatic N) is 2. The minimum absolute atomic E-state index is 0.0989. The molecule has 1 atom stereocenters. The van der Waals surface area contributed by atoms with Crippen LogP contribution in [0.3, 0.4) is 0 Å². The zero-order chi connectivity index (χ0) is 14.1. The van der Waals surface area contributed by atoms with Crippen LogP contribution in [0.15, 0.2) is 0 Å². The molecule has 2 N–H and O–H groups in total. The highest BCUT2D eigenvalue weighted by atomic mass is 32.2. The van der Waals surface area contributed by atoms with Crippen LogP contribution in [-0.2, 0) is 14.8 Å². The van der Waals surface area contributed by atoms with Gasteiger partial charge in [-0.15, -0.1) is 0 Å². The first-order valence-electron chi connectivity index (χ1n) is 6.83. The maximum atomic E-state index is 11.5. The van der Waals surface area contributed by atoms with Gasteiger partial charge in [0.15, 0.2) is 0 Å². The number of sulfonamides is 1. The Morgan fingerprint density at radius 3 is 2.21 bits per heavy atom. The van der Waals surface area contributed by atoms with Crippen LogP contribution in [0.5, 0.6) is 0 Å². The molecule has 1 unspecified atom stereocenters. The second-order valence-electron chi connectivity index (χ2n) is 5.66. The van der Waals surface area contributed by atoms with Crippen molar-refractivity contribution in [2.24, 2.45) is 11.7 Å². The lowest BCUT2D eigenvalue weighted by molar-refractivity contribution is -0.0163. The normalized spacial score (nSPS) is 26.3. The predicted molar refractivity (Wildman–Crippen MR) is 74.4 cm³/mol. The monoisotopic (exact) mass is 291 g/mol. The van der Waals surface area contributed by atoms with Crippen molar-refractivity contribution in [2.75, 3.05) is 52.7 Å². The van der Waals surface area contributed by atoms with Gasteiger partial charge >= 0.3 is 0 Å². The Hall–Kier alpha value is -0.210. The molecule has 1 aliphatic heterocycles. The summed E-state index contributed by atoms with van der Waals surface area (Å²) in [7, 11) is -1.37. The van der Waals surface area contributed by atoms with Crippen molar-refractivity contribution >= 4 is 10.0 Å². The molecule has 0 aromatic rings. The molecule has 0 radical (unpaired) electrons. The smallest absolute Gasteiger partial charge is 0.211 e. The Bertz CT molecular complexity index is 402. The Morgan fingerprint density at radius 1 is 1.26 bits per heavy atom. The van der Waals surface area contributed by atoms with E-state index < -0.39 is 10.0 Å². The second-order valence-corrected chi connectivity index (χ2v) is 7.65. The number of piperazine rings is 1. The molecule has 0 aromatic heterocycles. The predicted octanol–water partition coefficient (Wildman–Crippen LogP) is -0.682. The Balaban J connectivity index is 2.05. The second kappa shape index (κ2) is 5.65. The standard InChI is InChI=1S/C12H25N3O3S/c1-18-10-12(9-13,11-3-4-11)14-5-7-15(8-6-14)19(2,16)17/h11H,3-10,13H2,1-2H3. The number of methoxy groups -OCH3 is 1. The van der Waals surface area contributed by atoms with E-state index in [9.17, 15) is 8.42 Å². The third kappa shape index (κ3) is 3.11. The highest BCUT2D eigenvalue weighted by Crippen LogP contribution is 2.43. The van der Waals surface area contributed by atoms with Crippen molar-refractivity contribution in [1.29, 1.82) is 0 Å². The highest BCUT2D eigenvalue weighted by molar-refractivity contribution is 7.88. The first-order chi connectivity index (χ1) is 8.94. The van der Waals surface area contributed by atoms with Crippen LogP contribution in [0.25, 0.3) is 0 Å². The van der Waals surface area contributed by atoms with E-state index in [2.05, 4.69) is 4.90 Å². The maximum absolute atomic E-state index is 11.5. The van der Waals surface area contributed by atoms with Gasteiger partial charge in [0.25, 0.3) is 0 Å². The van der Waals surface area contributed by atoms with Crippen LogP contribution in [0.2, 0.25) is 0 Å². The van der Waals surface area contributed by atoms with Crippen molar-refractivity contribution in [3.8, 4) is 0 Å². The SMILES string of the molecule is COCC(CN)(C1CC1)N1CCN(S(C)(=O)=O)CC1. The molecule has 2 fully saturated rings. The van der Waals surface area contributed by atoms with Gasteiger partial charge in [-0.2, -0.15) is 4.31 Å². The molecule has 19 heavy (non-hydrogen) atoms. The minimum Gasteiger partial charge on any atom is -0.383 e. The van der Waals surface area contributed by atoms with Crippen LogP contribution in [0.1, 0.15) is 12.8 Å². The van der Waals surface area contributed by atoms with Gasteiger partial charge in [-0.05, 0) is 18.8 Å². The number of ether oxygens (including phenoxy) is 1. The average molecular weight is 291 g/mol. The molecule has 0 spiro atoms. The summed E-state index contributed by atoms with van der Waals surface area (Å²) in [4.78, 5) is 2.34. The molecular formula is C12H25N3O3S. The van der Waals surface area contributed by atoms with Crippen LogP contribution in [0.4, 0.5) is 0 Å². The summed E-state index contributed by atoms with van der Waals surface area (Å²) in [5, 5.41) is 0. The van der Waals surface area contributed by atoms with E-state index >= 15 is 0 Å². The Kier molecular flexibility index (Phi) is 4.52. The topological polar surface area (TPSA) is 75.9 Å². The molecule has 0 amide bonds. The van der Waals surface area contributed by atoms with Crippen molar-refractivity contribution in [3.63, 3.8) is 0 Å². The molecule has 0 bridgehead atoms. The van der Waals surface area contributed by atoms with Crippen molar-refractivity contribution < 1.29 is 13.2 Å². The molecule has 112 valence electrons. The van der Waals surface area contributed by atoms with Gasteiger partial charge in [-0.3, -0.25) is 4.90 Å². The summed E-state index contributed by atoms with van der Waals surface area (Å²) >= 11 is 0. The van der Waals surface area contributed by atoms with E-state index in [4.69, 9.17) is 10.5 Å². The number of rotatable bonds is 6. The Labute approximate surface area is 115 Å². The highest BCUT2D eigenvalue weighted by Gasteiger charge is 2.49. The van der Waals surface area contributed by atoms with E-state index in [1.807, 2.05) is 0 Å². The van der Waals surface area contributed by atoms with Crippen molar-refractivity contribution in [2.45, 2.75) is 18.4 Å². The van der Waals surface area contributed by atoms with Crippen LogP contribution < -0.4 is 5.73 Å². The molecule has 1 saturated carbocycles. The van der Waals surface area contributed by atoms with Crippen LogP contribution in [0, 0.1) is 5.92 Å². The summed E-state index contributed by atoms with van der Waals surface area (Å²) in [6, 6.07) is 0. The van der Waals surface area contributed by atoms with E-state index in [1.54, 1.807) is 11.4 Å². The first-order valence-corrected chi connectivity index (χ1v) is 8.68. The fraction of sp³-hybridized carbons (Fsp3) is 1.00. The van der Waals surface area contributed by atoms with Gasteiger partial charge in [0.1, 0.15) is 0 Å². The average Bonchev–Trinajstić information content (AvgIpc) is 3.20. The summed E-state index contributed by atoms with van der Waals surface area (Å²) in [6.45, 7) is 3.79. The van der Waals surface area contributed by atoms with E-state index in [1.165, 1.54) is 19.1 Å². The van der Waals surface area contributed by atoms with Gasteiger partial charge < -0.3 is 10.5 Å². The van der Waals surface area contributed by atoms with E-state index in [-0.39, 0.29) is 5.54 Å². The lowest BCUT2D eigenvalue weighted by atomic mass is 9.91. The fourth-order valence-corrected chi connectivity index (χ4v) is 3.98. The number of hydrogen-bond acceptors (Lipinski definition) is 5. The molecule has 7 heteroatoms. The third-order valence-electron chi connectivity index (χ3n) is 4.42. The molecule has 1 saturated heterocycles. The first kappa shape index (κ1) is 15.2. The third-order valence-corrected chi connectivity index (χ3v) is 5.73. The molecule has 1 aliphatic carbocycles. The molecule has 2 rings (SSSR count). The molecule has 6 nitrogen and oxygen atoms in total. The summed E-state index contributed by atoms with van der Waals surface area (Å²) < 4.78 is 30.0. The van der Waals surface area contributed by atoms with Crippen LogP contribution >= 0.6 is 0 Å². The van der Waals surface area contributed by atoms with Gasteiger partial charge in [0.05, 0.1) is 18.4 Å². The lowest BCUT2D eigenvalue weighted by Gasteiger charge is -2.47. The minimum atomic E-state index is -3.07. The molecular weight excluding hydrogens is 266 g/mol. The largest absolute Gasteiger partial charge is 0.383 e. The van der Waals surface area contributed by atoms with Gasteiger partial charge in [0, 0.05) is 39.8 Å². The zero-order valence-electron chi connectivity index (χ0n) is 11.8. The fourth-order valence-electron chi connectivity index (χ4n) is 3.16. The van der Waals surface area contributed by atoms with Gasteiger partial charge in [-0.25, -0.2) is 8.42 Å². The van der Waals surface area contributed by atoms with Crippen molar-refractivity contribution in [1.82, 2.24) is 9.21 Å². The summed E-state index contributed by atoms with van der Waals surface area (Å²) in [5.74, 6) is 0.599. The number of hydrogen-bond donors (Lipinski definition) is 1. The van der Waals surface area contributed by atoms with E-state index in [0.29, 0.717) is 32.2 Å². The maximum Gasteiger partial charge on any atom is 0.211 e. The lowest BCUT2D eigenvalue weighted by Crippen LogP contribution is -2.64. The van der Waals surface area contributed by atoms with Gasteiger partial charge in [0.2, 0.25) is 10.0 Å². The molecule has 2 aliphatic rings. The summed E-state index contributed by atoms with van der Waals surface area (Å²) in [6.07, 6.45) is 3.68. The van der Waals surface area contributed by atoms with Gasteiger partial charge in [-0.1, -0.05) is 0 Å². The van der Waals surface area contributed by atoms with Crippen molar-refractivity contribution in [3.05, 3.63) is 0 Å². The molecule has 1 heterocycles. The summed E-state index contributed by atoms with van der Waals surface area (Å²) in [5.41, 5.74) is 5.93. The van der Waals surface area contributed by atoms with E-state index in [0.717, 1.165) is 13.1 Å². The Morgan fingerprint density at radius 2 is 1.84 bits per heavy atom. The van der Waals surface area contributed by atoms with Crippen LogP contribution in [-0.4, -0.2) is 75.9 Å².